The number of methoxy groups -OCH3 is 2. The summed E-state index contributed by atoms with van der Waals surface area (Å²) in [5.41, 5.74) is 0.878. The van der Waals surface area contributed by atoms with Gasteiger partial charge in [0.2, 0.25) is 5.91 Å². The molecule has 0 saturated carbocycles. The largest absolute Gasteiger partial charge is 0.493 e. The number of pyridine rings is 1. The van der Waals surface area contributed by atoms with Gasteiger partial charge in [0.25, 0.3) is 5.56 Å². The Kier molecular flexibility index (Phi) is 6.92. The molecule has 0 bridgehead atoms. The van der Waals surface area contributed by atoms with Gasteiger partial charge in [0.05, 0.1) is 37.0 Å². The van der Waals surface area contributed by atoms with Crippen LogP contribution in [0.15, 0.2) is 41.6 Å². The molecule has 1 aliphatic heterocycles. The van der Waals surface area contributed by atoms with Crippen LogP contribution >= 0.6 is 0 Å². The number of amides is 1. The molecule has 4 rings (SSSR count). The van der Waals surface area contributed by atoms with Gasteiger partial charge in [0, 0.05) is 51.4 Å². The number of nitriles is 1. The van der Waals surface area contributed by atoms with E-state index in [0.29, 0.717) is 79.3 Å². The van der Waals surface area contributed by atoms with E-state index < -0.39 is 0 Å². The predicted octanol–water partition coefficient (Wildman–Crippen LogP) is 1.81. The molecule has 3 heterocycles. The number of carbonyl (C=O) groups excluding carboxylic acids is 1. The number of carbonyl (C=O) groups is 1. The Morgan fingerprint density at radius 1 is 1.12 bits per heavy atom. The normalized spacial score (nSPS) is 13.6. The summed E-state index contributed by atoms with van der Waals surface area (Å²) >= 11 is 0. The summed E-state index contributed by atoms with van der Waals surface area (Å²) in [7, 11) is 3.05. The van der Waals surface area contributed by atoms with Gasteiger partial charge in [0.15, 0.2) is 11.5 Å². The fourth-order valence-electron chi connectivity index (χ4n) is 4.11. The SMILES string of the molecule is COc1cc2ncn(CCCC(=O)N3CCN(c4ncccc4C#N)CC3)c(=O)c2cc1OC. The second-order valence-electron chi connectivity index (χ2n) is 7.93. The highest BCUT2D eigenvalue weighted by atomic mass is 16.5. The molecule has 34 heavy (non-hydrogen) atoms. The lowest BCUT2D eigenvalue weighted by molar-refractivity contribution is -0.131. The van der Waals surface area contributed by atoms with E-state index in [1.807, 2.05) is 9.80 Å². The number of hydrogen-bond donors (Lipinski definition) is 0. The first-order valence-corrected chi connectivity index (χ1v) is 11.0. The molecule has 0 atom stereocenters. The predicted molar refractivity (Wildman–Crippen MR) is 126 cm³/mol. The third-order valence-electron chi connectivity index (χ3n) is 5.96. The van der Waals surface area contributed by atoms with Crippen LogP contribution in [0.25, 0.3) is 10.9 Å². The van der Waals surface area contributed by atoms with Crippen molar-refractivity contribution in [1.82, 2.24) is 19.4 Å². The average molecular weight is 463 g/mol. The van der Waals surface area contributed by atoms with Crippen LogP contribution in [0.4, 0.5) is 5.82 Å². The van der Waals surface area contributed by atoms with Crippen LogP contribution in [-0.2, 0) is 11.3 Å². The number of anilines is 1. The Morgan fingerprint density at radius 3 is 2.56 bits per heavy atom. The zero-order valence-electron chi connectivity index (χ0n) is 19.2. The molecule has 0 unspecified atom stereocenters. The van der Waals surface area contributed by atoms with Crippen molar-refractivity contribution >= 4 is 22.6 Å². The number of rotatable bonds is 7. The van der Waals surface area contributed by atoms with Gasteiger partial charge < -0.3 is 19.3 Å². The van der Waals surface area contributed by atoms with Crippen molar-refractivity contribution in [2.24, 2.45) is 0 Å². The summed E-state index contributed by atoms with van der Waals surface area (Å²) in [5, 5.41) is 9.73. The highest BCUT2D eigenvalue weighted by Crippen LogP contribution is 2.29. The second kappa shape index (κ2) is 10.2. The number of nitrogens with zero attached hydrogens (tertiary/aromatic N) is 6. The van der Waals surface area contributed by atoms with Gasteiger partial charge in [-0.3, -0.25) is 14.2 Å². The highest BCUT2D eigenvalue weighted by molar-refractivity contribution is 5.81. The van der Waals surface area contributed by atoms with Crippen molar-refractivity contribution < 1.29 is 14.3 Å². The minimum atomic E-state index is -0.185. The van der Waals surface area contributed by atoms with Crippen molar-refractivity contribution in [3.8, 4) is 17.6 Å². The number of aromatic nitrogens is 3. The summed E-state index contributed by atoms with van der Waals surface area (Å²) in [6.45, 7) is 2.77. The molecule has 1 saturated heterocycles. The molecular weight excluding hydrogens is 436 g/mol. The number of benzene rings is 1. The molecular formula is C24H26N6O4. The number of hydrogen-bond acceptors (Lipinski definition) is 8. The Labute approximate surface area is 197 Å². The van der Waals surface area contributed by atoms with Crippen LogP contribution in [0, 0.1) is 11.3 Å². The third kappa shape index (κ3) is 4.64. The summed E-state index contributed by atoms with van der Waals surface area (Å²) in [6.07, 6.45) is 4.03. The summed E-state index contributed by atoms with van der Waals surface area (Å²) in [5.74, 6) is 1.69. The van der Waals surface area contributed by atoms with E-state index in [-0.39, 0.29) is 11.5 Å². The smallest absolute Gasteiger partial charge is 0.261 e. The maximum Gasteiger partial charge on any atom is 0.261 e. The first-order valence-electron chi connectivity index (χ1n) is 11.0. The van der Waals surface area contributed by atoms with Crippen LogP contribution < -0.4 is 19.9 Å². The van der Waals surface area contributed by atoms with Crippen LogP contribution in [0.5, 0.6) is 11.5 Å². The van der Waals surface area contributed by atoms with Crippen LogP contribution in [0.1, 0.15) is 18.4 Å². The zero-order chi connectivity index (χ0) is 24.1. The molecule has 10 heteroatoms. The number of ether oxygens (including phenoxy) is 2. The van der Waals surface area contributed by atoms with E-state index >= 15 is 0 Å². The monoisotopic (exact) mass is 462 g/mol. The van der Waals surface area contributed by atoms with Gasteiger partial charge in [-0.2, -0.15) is 5.26 Å². The van der Waals surface area contributed by atoms with Gasteiger partial charge in [-0.15, -0.1) is 0 Å². The molecule has 0 spiro atoms. The molecule has 0 radical (unpaired) electrons. The van der Waals surface area contributed by atoms with Gasteiger partial charge >= 0.3 is 0 Å². The van der Waals surface area contributed by atoms with Gasteiger partial charge in [-0.1, -0.05) is 0 Å². The van der Waals surface area contributed by atoms with E-state index in [9.17, 15) is 14.9 Å². The fraction of sp³-hybridized carbons (Fsp3) is 0.375. The Morgan fingerprint density at radius 2 is 1.85 bits per heavy atom. The Balaban J connectivity index is 1.34. The van der Waals surface area contributed by atoms with E-state index in [1.165, 1.54) is 25.1 Å². The quantitative estimate of drug-likeness (QED) is 0.522. The molecule has 1 aliphatic rings. The average Bonchev–Trinajstić information content (AvgIpc) is 2.89. The van der Waals surface area contributed by atoms with E-state index in [2.05, 4.69) is 16.0 Å². The minimum absolute atomic E-state index is 0.0504. The number of fused-ring (bicyclic) bond motifs is 1. The van der Waals surface area contributed by atoms with Crippen LogP contribution in [0.3, 0.4) is 0 Å². The lowest BCUT2D eigenvalue weighted by atomic mass is 10.2. The molecule has 2 aromatic heterocycles. The number of aryl methyl sites for hydroxylation is 1. The molecule has 176 valence electrons. The summed E-state index contributed by atoms with van der Waals surface area (Å²) in [6, 6.07) is 8.96. The second-order valence-corrected chi connectivity index (χ2v) is 7.93. The molecule has 1 amide bonds. The molecule has 0 aliphatic carbocycles. The maximum absolute atomic E-state index is 12.9. The highest BCUT2D eigenvalue weighted by Gasteiger charge is 2.23. The van der Waals surface area contributed by atoms with E-state index in [0.717, 1.165) is 0 Å². The van der Waals surface area contributed by atoms with Crippen LogP contribution in [-0.4, -0.2) is 65.7 Å². The molecule has 3 aromatic rings. The van der Waals surface area contributed by atoms with Gasteiger partial charge in [-0.05, 0) is 24.6 Å². The summed E-state index contributed by atoms with van der Waals surface area (Å²) < 4.78 is 12.1. The van der Waals surface area contributed by atoms with Crippen molar-refractivity contribution in [2.45, 2.75) is 19.4 Å². The van der Waals surface area contributed by atoms with Crippen molar-refractivity contribution in [2.75, 3.05) is 45.3 Å². The first kappa shape index (κ1) is 23.0. The molecule has 10 nitrogen and oxygen atoms in total. The van der Waals surface area contributed by atoms with Crippen LogP contribution in [0.2, 0.25) is 0 Å². The first-order chi connectivity index (χ1) is 16.5. The van der Waals surface area contributed by atoms with Gasteiger partial charge in [0.1, 0.15) is 11.9 Å². The minimum Gasteiger partial charge on any atom is -0.493 e. The molecule has 1 fully saturated rings. The number of piperazine rings is 1. The molecule has 0 N–H and O–H groups in total. The molecule has 1 aromatic carbocycles. The van der Waals surface area contributed by atoms with Crippen molar-refractivity contribution in [3.63, 3.8) is 0 Å². The Hall–Kier alpha value is -4.13. The topological polar surface area (TPSA) is 114 Å². The van der Waals surface area contributed by atoms with Gasteiger partial charge in [-0.25, -0.2) is 9.97 Å². The van der Waals surface area contributed by atoms with Crippen molar-refractivity contribution in [1.29, 1.82) is 5.26 Å². The zero-order valence-corrected chi connectivity index (χ0v) is 19.2. The third-order valence-corrected chi connectivity index (χ3v) is 5.96. The maximum atomic E-state index is 12.9. The van der Waals surface area contributed by atoms with E-state index in [4.69, 9.17) is 9.47 Å². The Bertz CT molecular complexity index is 1290. The van der Waals surface area contributed by atoms with E-state index in [1.54, 1.807) is 30.5 Å². The standard InChI is InChI=1S/C24H26N6O4/c1-33-20-13-18-19(14-21(20)34-2)27-16-30(24(18)32)8-4-6-22(31)28-9-11-29(12-10-28)23-17(15-25)5-3-7-26-23/h3,5,7,13-14,16H,4,6,8-12H2,1-2H3. The summed E-state index contributed by atoms with van der Waals surface area (Å²) in [4.78, 5) is 38.1. The lowest BCUT2D eigenvalue weighted by Gasteiger charge is -2.35. The fourth-order valence-corrected chi connectivity index (χ4v) is 4.11. The lowest BCUT2D eigenvalue weighted by Crippen LogP contribution is -2.49. The van der Waals surface area contributed by atoms with Crippen molar-refractivity contribution in [3.05, 3.63) is 52.7 Å².